The fourth-order valence-corrected chi connectivity index (χ4v) is 4.39. The van der Waals surface area contributed by atoms with Crippen LogP contribution in [0.25, 0.3) is 0 Å². The summed E-state index contributed by atoms with van der Waals surface area (Å²) in [4.78, 5) is 21.7. The Kier molecular flexibility index (Phi) is 4.57. The second-order valence-corrected chi connectivity index (χ2v) is 7.13. The van der Waals surface area contributed by atoms with Crippen molar-refractivity contribution in [3.63, 3.8) is 0 Å². The summed E-state index contributed by atoms with van der Waals surface area (Å²) in [6.45, 7) is 4.71. The second kappa shape index (κ2) is 7.00. The van der Waals surface area contributed by atoms with Gasteiger partial charge in [-0.05, 0) is 44.7 Å². The molecule has 0 saturated carbocycles. The van der Waals surface area contributed by atoms with Gasteiger partial charge < -0.3 is 9.32 Å². The van der Waals surface area contributed by atoms with Crippen LogP contribution in [-0.2, 0) is 6.54 Å². The summed E-state index contributed by atoms with van der Waals surface area (Å²) >= 11 is 0. The van der Waals surface area contributed by atoms with Crippen LogP contribution in [-0.4, -0.2) is 45.9 Å². The standard InChI is InChI=1S/C20H25N3O2/c1-15-19(21-14-25-15)20(24)23-12-6-10-18(23)17-9-5-11-22(17)13-16-7-3-2-4-8-16/h2-4,7-8,14,17-18H,5-6,9-13H2,1H3/t17-,18-/m1/s1. The Bertz CT molecular complexity index is 728. The quantitative estimate of drug-likeness (QED) is 0.858. The van der Waals surface area contributed by atoms with Crippen LogP contribution in [0.4, 0.5) is 0 Å². The van der Waals surface area contributed by atoms with Crippen molar-refractivity contribution in [2.75, 3.05) is 13.1 Å². The third-order valence-corrected chi connectivity index (χ3v) is 5.59. The van der Waals surface area contributed by atoms with Gasteiger partial charge in [0.15, 0.2) is 12.1 Å². The summed E-state index contributed by atoms with van der Waals surface area (Å²) in [5.41, 5.74) is 1.82. The molecule has 3 heterocycles. The van der Waals surface area contributed by atoms with Gasteiger partial charge >= 0.3 is 0 Å². The summed E-state index contributed by atoms with van der Waals surface area (Å²) in [6, 6.07) is 11.4. The Morgan fingerprint density at radius 2 is 1.92 bits per heavy atom. The number of amides is 1. The van der Waals surface area contributed by atoms with Crippen molar-refractivity contribution >= 4 is 5.91 Å². The van der Waals surface area contributed by atoms with E-state index in [1.54, 1.807) is 0 Å². The first kappa shape index (κ1) is 16.3. The van der Waals surface area contributed by atoms with Crippen molar-refractivity contribution in [2.45, 2.75) is 51.2 Å². The zero-order valence-electron chi connectivity index (χ0n) is 14.7. The first-order valence-electron chi connectivity index (χ1n) is 9.23. The number of hydrogen-bond donors (Lipinski definition) is 0. The van der Waals surface area contributed by atoms with E-state index in [0.717, 1.165) is 32.5 Å². The lowest BCUT2D eigenvalue weighted by atomic mass is 10.0. The number of benzene rings is 1. The smallest absolute Gasteiger partial charge is 0.276 e. The number of rotatable bonds is 4. The molecule has 5 heteroatoms. The number of oxazole rings is 1. The molecule has 132 valence electrons. The van der Waals surface area contributed by atoms with Crippen LogP contribution < -0.4 is 0 Å². The Morgan fingerprint density at radius 3 is 2.68 bits per heavy atom. The van der Waals surface area contributed by atoms with Gasteiger partial charge in [0.2, 0.25) is 0 Å². The minimum absolute atomic E-state index is 0.0281. The monoisotopic (exact) mass is 339 g/mol. The Morgan fingerprint density at radius 1 is 1.16 bits per heavy atom. The highest BCUT2D eigenvalue weighted by Gasteiger charge is 2.40. The number of carbonyl (C=O) groups excluding carboxylic acids is 1. The number of likely N-dealkylation sites (tertiary alicyclic amines) is 2. The molecule has 0 bridgehead atoms. The summed E-state index contributed by atoms with van der Waals surface area (Å²) in [7, 11) is 0. The van der Waals surface area contributed by atoms with Crippen LogP contribution >= 0.6 is 0 Å². The molecule has 2 fully saturated rings. The van der Waals surface area contributed by atoms with Crippen molar-refractivity contribution in [3.05, 3.63) is 53.7 Å². The molecule has 0 spiro atoms. The first-order chi connectivity index (χ1) is 12.2. The molecule has 2 atom stereocenters. The molecule has 1 aromatic carbocycles. The number of aromatic nitrogens is 1. The van der Waals surface area contributed by atoms with Crippen molar-refractivity contribution < 1.29 is 9.21 Å². The SMILES string of the molecule is Cc1ocnc1C(=O)N1CCC[C@@H]1[C@H]1CCCN1Cc1ccccc1. The molecule has 5 nitrogen and oxygen atoms in total. The van der Waals surface area contributed by atoms with Crippen molar-refractivity contribution in [3.8, 4) is 0 Å². The molecule has 2 aliphatic heterocycles. The van der Waals surface area contributed by atoms with Crippen LogP contribution in [0.15, 0.2) is 41.1 Å². The molecule has 0 aliphatic carbocycles. The number of aryl methyl sites for hydroxylation is 1. The molecule has 1 aromatic heterocycles. The minimum atomic E-state index is 0.0281. The van der Waals surface area contributed by atoms with Gasteiger partial charge in [-0.3, -0.25) is 9.69 Å². The fraction of sp³-hybridized carbons (Fsp3) is 0.500. The number of nitrogens with zero attached hydrogens (tertiary/aromatic N) is 3. The molecule has 1 amide bonds. The highest BCUT2D eigenvalue weighted by Crippen LogP contribution is 2.32. The summed E-state index contributed by atoms with van der Waals surface area (Å²) < 4.78 is 5.24. The molecular formula is C20H25N3O2. The lowest BCUT2D eigenvalue weighted by Gasteiger charge is -2.35. The molecule has 2 aliphatic rings. The van der Waals surface area contributed by atoms with Crippen molar-refractivity contribution in [1.29, 1.82) is 0 Å². The maximum Gasteiger partial charge on any atom is 0.276 e. The zero-order chi connectivity index (χ0) is 17.2. The van der Waals surface area contributed by atoms with E-state index in [4.69, 9.17) is 4.42 Å². The normalized spacial score (nSPS) is 24.1. The lowest BCUT2D eigenvalue weighted by Crippen LogP contribution is -2.48. The molecule has 25 heavy (non-hydrogen) atoms. The predicted octanol–water partition coefficient (Wildman–Crippen LogP) is 3.25. The third kappa shape index (κ3) is 3.21. The first-order valence-corrected chi connectivity index (χ1v) is 9.23. The van der Waals surface area contributed by atoms with E-state index in [0.29, 0.717) is 17.5 Å². The summed E-state index contributed by atoms with van der Waals surface area (Å²) in [6.07, 6.45) is 5.89. The Hall–Kier alpha value is -2.14. The lowest BCUT2D eigenvalue weighted by molar-refractivity contribution is 0.0632. The Labute approximate surface area is 148 Å². The number of carbonyl (C=O) groups is 1. The maximum atomic E-state index is 12.9. The average Bonchev–Trinajstić information content (AvgIpc) is 3.35. The maximum absolute atomic E-state index is 12.9. The van der Waals surface area contributed by atoms with Crippen molar-refractivity contribution in [1.82, 2.24) is 14.8 Å². The second-order valence-electron chi connectivity index (χ2n) is 7.13. The topological polar surface area (TPSA) is 49.6 Å². The van der Waals surface area contributed by atoms with E-state index >= 15 is 0 Å². The minimum Gasteiger partial charge on any atom is -0.448 e. The van der Waals surface area contributed by atoms with E-state index in [2.05, 4.69) is 40.2 Å². The molecule has 2 aromatic rings. The highest BCUT2D eigenvalue weighted by atomic mass is 16.3. The van der Waals surface area contributed by atoms with E-state index < -0.39 is 0 Å². The zero-order valence-corrected chi connectivity index (χ0v) is 14.7. The van der Waals surface area contributed by atoms with Gasteiger partial charge in [-0.15, -0.1) is 0 Å². The molecule has 0 unspecified atom stereocenters. The average molecular weight is 339 g/mol. The summed E-state index contributed by atoms with van der Waals surface area (Å²) in [5.74, 6) is 0.642. The molecule has 0 N–H and O–H groups in total. The van der Waals surface area contributed by atoms with Gasteiger partial charge in [-0.25, -0.2) is 4.98 Å². The highest BCUT2D eigenvalue weighted by molar-refractivity contribution is 5.93. The molecule has 0 radical (unpaired) electrons. The fourth-order valence-electron chi connectivity index (χ4n) is 4.39. The van der Waals surface area contributed by atoms with Crippen molar-refractivity contribution in [2.24, 2.45) is 0 Å². The Balaban J connectivity index is 1.51. The van der Waals surface area contributed by atoms with Gasteiger partial charge in [-0.2, -0.15) is 0 Å². The van der Waals surface area contributed by atoms with Crippen LogP contribution in [0.2, 0.25) is 0 Å². The van der Waals surface area contributed by atoms with Crippen LogP contribution in [0.1, 0.15) is 47.5 Å². The largest absolute Gasteiger partial charge is 0.448 e. The van der Waals surface area contributed by atoms with E-state index in [1.165, 1.54) is 24.8 Å². The van der Waals surface area contributed by atoms with Gasteiger partial charge in [-0.1, -0.05) is 30.3 Å². The summed E-state index contributed by atoms with van der Waals surface area (Å²) in [5, 5.41) is 0. The number of hydrogen-bond acceptors (Lipinski definition) is 4. The molecule has 2 saturated heterocycles. The van der Waals surface area contributed by atoms with Gasteiger partial charge in [0.1, 0.15) is 5.76 Å². The van der Waals surface area contributed by atoms with Gasteiger partial charge in [0.25, 0.3) is 5.91 Å². The van der Waals surface area contributed by atoms with Crippen LogP contribution in [0.3, 0.4) is 0 Å². The van der Waals surface area contributed by atoms with Gasteiger partial charge in [0.05, 0.1) is 0 Å². The molecular weight excluding hydrogens is 314 g/mol. The third-order valence-electron chi connectivity index (χ3n) is 5.59. The van der Waals surface area contributed by atoms with E-state index in [-0.39, 0.29) is 11.9 Å². The van der Waals surface area contributed by atoms with Gasteiger partial charge in [0, 0.05) is 25.2 Å². The van der Waals surface area contributed by atoms with Crippen LogP contribution in [0, 0.1) is 6.92 Å². The predicted molar refractivity (Wildman–Crippen MR) is 95.2 cm³/mol. The molecule has 4 rings (SSSR count). The van der Waals surface area contributed by atoms with Crippen LogP contribution in [0.5, 0.6) is 0 Å². The van der Waals surface area contributed by atoms with E-state index in [9.17, 15) is 4.79 Å². The van der Waals surface area contributed by atoms with E-state index in [1.807, 2.05) is 11.8 Å².